The van der Waals surface area contributed by atoms with Crippen LogP contribution < -0.4 is 10.6 Å². The topological polar surface area (TPSA) is 81.6 Å². The van der Waals surface area contributed by atoms with Crippen molar-refractivity contribution in [3.05, 3.63) is 77.9 Å². The minimum absolute atomic E-state index is 0.0260. The number of para-hydroxylation sites is 1. The van der Waals surface area contributed by atoms with E-state index in [0.717, 1.165) is 23.2 Å². The van der Waals surface area contributed by atoms with E-state index in [4.69, 9.17) is 0 Å². The van der Waals surface area contributed by atoms with Crippen LogP contribution in [0.15, 0.2) is 61.2 Å². The number of hydrogen-bond donors (Lipinski definition) is 4. The molecule has 0 fully saturated rings. The van der Waals surface area contributed by atoms with Crippen LogP contribution in [-0.2, 0) is 0 Å². The molecule has 1 amide bonds. The van der Waals surface area contributed by atoms with Gasteiger partial charge in [0, 0.05) is 24.1 Å². The van der Waals surface area contributed by atoms with Gasteiger partial charge >= 0.3 is 0 Å². The molecule has 5 heteroatoms. The van der Waals surface area contributed by atoms with E-state index in [1.165, 1.54) is 6.07 Å². The molecular weight excluding hydrogens is 340 g/mol. The first-order chi connectivity index (χ1) is 13.1. The normalized spacial score (nSPS) is 22.4. The van der Waals surface area contributed by atoms with Crippen molar-refractivity contribution in [1.29, 1.82) is 0 Å². The molecule has 0 spiro atoms. The SMILES string of the molecule is C=CCNC(=O)c1cccc2c1NC(c1ccc(O)cc1O)C1CC=CC21. The second-order valence-electron chi connectivity index (χ2n) is 6.99. The van der Waals surface area contributed by atoms with Crippen LogP contribution in [-0.4, -0.2) is 22.7 Å². The molecule has 2 aromatic carbocycles. The van der Waals surface area contributed by atoms with Crippen LogP contribution in [0.3, 0.4) is 0 Å². The lowest BCUT2D eigenvalue weighted by Gasteiger charge is -2.38. The summed E-state index contributed by atoms with van der Waals surface area (Å²) in [6, 6.07) is 10.3. The number of carbonyl (C=O) groups is 1. The van der Waals surface area contributed by atoms with Crippen molar-refractivity contribution in [3.63, 3.8) is 0 Å². The molecule has 5 nitrogen and oxygen atoms in total. The van der Waals surface area contributed by atoms with E-state index >= 15 is 0 Å². The van der Waals surface area contributed by atoms with Crippen LogP contribution in [0.25, 0.3) is 0 Å². The number of aromatic hydroxyl groups is 2. The first kappa shape index (κ1) is 17.2. The first-order valence-electron chi connectivity index (χ1n) is 9.07. The van der Waals surface area contributed by atoms with Crippen LogP contribution in [0.1, 0.15) is 39.9 Å². The number of phenolic OH excluding ortho intramolecular Hbond substituents is 2. The van der Waals surface area contributed by atoms with E-state index < -0.39 is 0 Å². The van der Waals surface area contributed by atoms with E-state index in [9.17, 15) is 15.0 Å². The third kappa shape index (κ3) is 2.95. The number of benzene rings is 2. The zero-order valence-corrected chi connectivity index (χ0v) is 14.9. The number of rotatable bonds is 4. The fourth-order valence-corrected chi connectivity index (χ4v) is 4.17. The lowest BCUT2D eigenvalue weighted by molar-refractivity contribution is 0.0958. The third-order valence-electron chi connectivity index (χ3n) is 5.40. The van der Waals surface area contributed by atoms with Crippen molar-refractivity contribution in [3.8, 4) is 11.5 Å². The van der Waals surface area contributed by atoms with Gasteiger partial charge in [-0.3, -0.25) is 4.79 Å². The Morgan fingerprint density at radius 2 is 2.11 bits per heavy atom. The monoisotopic (exact) mass is 362 g/mol. The van der Waals surface area contributed by atoms with Crippen molar-refractivity contribution in [2.24, 2.45) is 5.92 Å². The van der Waals surface area contributed by atoms with Crippen LogP contribution in [0, 0.1) is 5.92 Å². The van der Waals surface area contributed by atoms with Crippen molar-refractivity contribution in [2.75, 3.05) is 11.9 Å². The van der Waals surface area contributed by atoms with Gasteiger partial charge in [-0.05, 0) is 36.1 Å². The van der Waals surface area contributed by atoms with Gasteiger partial charge in [0.15, 0.2) is 0 Å². The lowest BCUT2D eigenvalue weighted by atomic mass is 9.76. The Kier molecular flexibility index (Phi) is 4.36. The van der Waals surface area contributed by atoms with Crippen molar-refractivity contribution < 1.29 is 15.0 Å². The molecule has 1 heterocycles. The summed E-state index contributed by atoms with van der Waals surface area (Å²) in [6.45, 7) is 4.04. The van der Waals surface area contributed by atoms with E-state index in [1.54, 1.807) is 24.3 Å². The second-order valence-corrected chi connectivity index (χ2v) is 6.99. The van der Waals surface area contributed by atoms with Crippen molar-refractivity contribution >= 4 is 11.6 Å². The smallest absolute Gasteiger partial charge is 0.253 e. The minimum atomic E-state index is -0.161. The maximum Gasteiger partial charge on any atom is 0.253 e. The number of anilines is 1. The Labute approximate surface area is 158 Å². The average molecular weight is 362 g/mol. The van der Waals surface area contributed by atoms with Crippen LogP contribution in [0.5, 0.6) is 11.5 Å². The zero-order valence-electron chi connectivity index (χ0n) is 14.9. The molecule has 3 atom stereocenters. The molecular formula is C22H22N2O3. The Morgan fingerprint density at radius 1 is 1.26 bits per heavy atom. The highest BCUT2D eigenvalue weighted by atomic mass is 16.3. The number of hydrogen-bond acceptors (Lipinski definition) is 4. The maximum absolute atomic E-state index is 12.6. The predicted octanol–water partition coefficient (Wildman–Crippen LogP) is 3.84. The Balaban J connectivity index is 1.78. The fourth-order valence-electron chi connectivity index (χ4n) is 4.17. The molecule has 2 aliphatic rings. The van der Waals surface area contributed by atoms with Gasteiger partial charge < -0.3 is 20.8 Å². The van der Waals surface area contributed by atoms with Crippen molar-refractivity contribution in [2.45, 2.75) is 18.4 Å². The molecule has 1 aliphatic heterocycles. The van der Waals surface area contributed by atoms with Crippen LogP contribution >= 0.6 is 0 Å². The number of carbonyl (C=O) groups excluding carboxylic acids is 1. The van der Waals surface area contributed by atoms with Gasteiger partial charge in [-0.25, -0.2) is 0 Å². The molecule has 4 rings (SSSR count). The van der Waals surface area contributed by atoms with Gasteiger partial charge in [0.05, 0.1) is 17.3 Å². The number of nitrogens with one attached hydrogen (secondary N) is 2. The van der Waals surface area contributed by atoms with Gasteiger partial charge in [-0.1, -0.05) is 30.4 Å². The summed E-state index contributed by atoms with van der Waals surface area (Å²) in [5.41, 5.74) is 3.19. The molecule has 3 unspecified atom stereocenters. The Bertz CT molecular complexity index is 935. The lowest BCUT2D eigenvalue weighted by Crippen LogP contribution is -2.32. The molecule has 2 aromatic rings. The molecule has 0 saturated carbocycles. The summed E-state index contributed by atoms with van der Waals surface area (Å²) in [5, 5.41) is 26.4. The highest BCUT2D eigenvalue weighted by Gasteiger charge is 2.40. The van der Waals surface area contributed by atoms with Gasteiger partial charge in [0.25, 0.3) is 5.91 Å². The maximum atomic E-state index is 12.6. The van der Waals surface area contributed by atoms with Crippen molar-refractivity contribution in [1.82, 2.24) is 5.32 Å². The second kappa shape index (κ2) is 6.83. The zero-order chi connectivity index (χ0) is 19.0. The molecule has 138 valence electrons. The summed E-state index contributed by atoms with van der Waals surface area (Å²) >= 11 is 0. The minimum Gasteiger partial charge on any atom is -0.508 e. The largest absolute Gasteiger partial charge is 0.508 e. The fraction of sp³-hybridized carbons (Fsp3) is 0.227. The first-order valence-corrected chi connectivity index (χ1v) is 9.07. The van der Waals surface area contributed by atoms with Crippen LogP contribution in [0.2, 0.25) is 0 Å². The summed E-state index contributed by atoms with van der Waals surface area (Å²) in [4.78, 5) is 12.6. The van der Waals surface area contributed by atoms with Gasteiger partial charge in [-0.15, -0.1) is 6.58 Å². The Morgan fingerprint density at radius 3 is 2.89 bits per heavy atom. The average Bonchev–Trinajstić information content (AvgIpc) is 3.15. The highest BCUT2D eigenvalue weighted by molar-refractivity contribution is 6.00. The molecule has 0 radical (unpaired) electrons. The summed E-state index contributed by atoms with van der Waals surface area (Å²) in [7, 11) is 0. The highest BCUT2D eigenvalue weighted by Crippen LogP contribution is 2.52. The third-order valence-corrected chi connectivity index (χ3v) is 5.40. The van der Waals surface area contributed by atoms with Gasteiger partial charge in [-0.2, -0.15) is 0 Å². The summed E-state index contributed by atoms with van der Waals surface area (Å²) in [5.74, 6) is 0.327. The molecule has 27 heavy (non-hydrogen) atoms. The molecule has 0 saturated heterocycles. The number of fused-ring (bicyclic) bond motifs is 3. The number of amides is 1. The van der Waals surface area contributed by atoms with Crippen LogP contribution in [0.4, 0.5) is 5.69 Å². The summed E-state index contributed by atoms with van der Waals surface area (Å²) in [6.07, 6.45) is 6.87. The van der Waals surface area contributed by atoms with E-state index in [1.807, 2.05) is 12.1 Å². The van der Waals surface area contributed by atoms with Gasteiger partial charge in [0.2, 0.25) is 0 Å². The van der Waals surface area contributed by atoms with E-state index in [2.05, 4.69) is 29.4 Å². The predicted molar refractivity (Wildman–Crippen MR) is 105 cm³/mol. The molecule has 1 aliphatic carbocycles. The molecule has 0 aromatic heterocycles. The summed E-state index contributed by atoms with van der Waals surface area (Å²) < 4.78 is 0. The van der Waals surface area contributed by atoms with Gasteiger partial charge in [0.1, 0.15) is 11.5 Å². The van der Waals surface area contributed by atoms with E-state index in [0.29, 0.717) is 12.1 Å². The quantitative estimate of drug-likeness (QED) is 0.623. The molecule has 4 N–H and O–H groups in total. The number of allylic oxidation sites excluding steroid dienone is 2. The van der Waals surface area contributed by atoms with E-state index in [-0.39, 0.29) is 35.3 Å². The standard InChI is InChI=1S/C22H22N2O3/c1-2-11-23-22(27)18-8-4-7-16-14-5-3-6-15(14)20(24-21(16)18)17-10-9-13(25)12-19(17)26/h2-5,7-10,12,14-15,20,24-26H,1,6,11H2,(H,23,27). The molecule has 0 bridgehead atoms. The number of phenols is 2. The Hall–Kier alpha value is -3.21.